The summed E-state index contributed by atoms with van der Waals surface area (Å²) >= 11 is 3.34. The summed E-state index contributed by atoms with van der Waals surface area (Å²) in [6, 6.07) is 16.3. The number of hydrazine groups is 1. The third kappa shape index (κ3) is 4.95. The van der Waals surface area contributed by atoms with Crippen LogP contribution in [0.15, 0.2) is 59.1 Å². The molecule has 1 heterocycles. The normalized spacial score (nSPS) is 10.3. The Bertz CT molecular complexity index is 936. The Morgan fingerprint density at radius 1 is 1.07 bits per heavy atom. The van der Waals surface area contributed by atoms with Gasteiger partial charge in [-0.25, -0.2) is 0 Å². The Labute approximate surface area is 164 Å². The Kier molecular flexibility index (Phi) is 5.87. The van der Waals surface area contributed by atoms with Gasteiger partial charge in [0, 0.05) is 10.0 Å². The fourth-order valence-electron chi connectivity index (χ4n) is 2.37. The number of hydrogen-bond donors (Lipinski definition) is 3. The predicted octanol–water partition coefficient (Wildman–Crippen LogP) is 2.85. The highest BCUT2D eigenvalue weighted by Gasteiger charge is 2.12. The molecule has 3 rings (SSSR count). The molecule has 0 unspecified atom stereocenters. The number of carbonyl (C=O) groups is 2. The molecule has 2 amide bonds. The molecule has 27 heavy (non-hydrogen) atoms. The Morgan fingerprint density at radius 2 is 1.78 bits per heavy atom. The monoisotopic (exact) mass is 428 g/mol. The van der Waals surface area contributed by atoms with Gasteiger partial charge in [0.25, 0.3) is 5.91 Å². The van der Waals surface area contributed by atoms with Crippen LogP contribution in [0.25, 0.3) is 11.3 Å². The third-order valence-electron chi connectivity index (χ3n) is 3.80. The molecule has 0 atom stereocenters. The number of aromatic nitrogens is 2. The lowest BCUT2D eigenvalue weighted by molar-refractivity contribution is -0.121. The van der Waals surface area contributed by atoms with Gasteiger partial charge >= 0.3 is 0 Å². The van der Waals surface area contributed by atoms with E-state index in [1.807, 2.05) is 48.5 Å². The molecule has 2 aromatic carbocycles. The van der Waals surface area contributed by atoms with E-state index in [2.05, 4.69) is 37.0 Å². The van der Waals surface area contributed by atoms with Crippen LogP contribution in [0.2, 0.25) is 0 Å². The summed E-state index contributed by atoms with van der Waals surface area (Å²) in [6.07, 6.45) is 0.160. The molecule has 1 aromatic heterocycles. The van der Waals surface area contributed by atoms with E-state index < -0.39 is 5.91 Å². The number of halogens is 1. The molecule has 3 N–H and O–H groups in total. The number of rotatable bonds is 5. The maximum Gasteiger partial charge on any atom is 0.287 e. The predicted molar refractivity (Wildman–Crippen MR) is 104 cm³/mol. The minimum Gasteiger partial charge on any atom is -0.497 e. The van der Waals surface area contributed by atoms with Crippen LogP contribution in [-0.2, 0) is 11.2 Å². The molecule has 138 valence electrons. The van der Waals surface area contributed by atoms with E-state index >= 15 is 0 Å². The number of methoxy groups -OCH3 is 1. The highest BCUT2D eigenvalue weighted by atomic mass is 79.9. The molecule has 0 saturated heterocycles. The standard InChI is InChI=1S/C19H17BrN4O3/c1-27-15-8-4-13(5-9-15)16-11-17(22-21-16)19(26)24-23-18(25)10-12-2-6-14(20)7-3-12/h2-9,11H,10H2,1H3,(H,21,22)(H,23,25)(H,24,26). The van der Waals surface area contributed by atoms with Crippen molar-refractivity contribution in [2.24, 2.45) is 0 Å². The van der Waals surface area contributed by atoms with Crippen molar-refractivity contribution in [2.45, 2.75) is 6.42 Å². The van der Waals surface area contributed by atoms with Crippen LogP contribution in [0, 0.1) is 0 Å². The van der Waals surface area contributed by atoms with Crippen LogP contribution >= 0.6 is 15.9 Å². The molecule has 0 aliphatic carbocycles. The molecule has 0 spiro atoms. The SMILES string of the molecule is COc1ccc(-c2cc(C(=O)NNC(=O)Cc3ccc(Br)cc3)[nH]n2)cc1. The number of amides is 2. The van der Waals surface area contributed by atoms with E-state index in [0.717, 1.165) is 21.3 Å². The maximum atomic E-state index is 12.2. The summed E-state index contributed by atoms with van der Waals surface area (Å²) in [5, 5.41) is 6.78. The third-order valence-corrected chi connectivity index (χ3v) is 4.33. The Hall–Kier alpha value is -3.13. The molecule has 0 bridgehead atoms. The first-order valence-corrected chi connectivity index (χ1v) is 8.88. The van der Waals surface area contributed by atoms with Gasteiger partial charge in [-0.1, -0.05) is 28.1 Å². The fraction of sp³-hybridized carbons (Fsp3) is 0.105. The number of hydrogen-bond acceptors (Lipinski definition) is 4. The van der Waals surface area contributed by atoms with Crippen LogP contribution in [-0.4, -0.2) is 29.1 Å². The summed E-state index contributed by atoms with van der Waals surface area (Å²) in [7, 11) is 1.59. The van der Waals surface area contributed by atoms with Gasteiger partial charge in [-0.3, -0.25) is 25.5 Å². The minimum absolute atomic E-state index is 0.160. The van der Waals surface area contributed by atoms with Crippen LogP contribution in [0.5, 0.6) is 5.75 Å². The molecule has 0 aliphatic rings. The molecule has 8 heteroatoms. The largest absolute Gasteiger partial charge is 0.497 e. The second kappa shape index (κ2) is 8.50. The molecule has 0 saturated carbocycles. The van der Waals surface area contributed by atoms with Crippen molar-refractivity contribution in [3.05, 3.63) is 70.3 Å². The molecule has 7 nitrogen and oxygen atoms in total. The molecular formula is C19H17BrN4O3. The second-order valence-corrected chi connectivity index (χ2v) is 6.62. The first kappa shape index (κ1) is 18.7. The average molecular weight is 429 g/mol. The van der Waals surface area contributed by atoms with E-state index in [9.17, 15) is 9.59 Å². The number of ether oxygens (including phenoxy) is 1. The van der Waals surface area contributed by atoms with Crippen molar-refractivity contribution < 1.29 is 14.3 Å². The van der Waals surface area contributed by atoms with E-state index in [1.54, 1.807) is 13.2 Å². The lowest BCUT2D eigenvalue weighted by Crippen LogP contribution is -2.42. The number of carbonyl (C=O) groups excluding carboxylic acids is 2. The lowest BCUT2D eigenvalue weighted by atomic mass is 10.1. The van der Waals surface area contributed by atoms with Crippen LogP contribution in [0.4, 0.5) is 0 Å². The summed E-state index contributed by atoms with van der Waals surface area (Å²) in [5.41, 5.74) is 7.30. The number of aromatic amines is 1. The first-order chi connectivity index (χ1) is 13.0. The smallest absolute Gasteiger partial charge is 0.287 e. The Balaban J connectivity index is 1.55. The number of H-pyrrole nitrogens is 1. The zero-order valence-electron chi connectivity index (χ0n) is 14.5. The van der Waals surface area contributed by atoms with Crippen molar-refractivity contribution in [2.75, 3.05) is 7.11 Å². The molecule has 3 aromatic rings. The van der Waals surface area contributed by atoms with Crippen molar-refractivity contribution in [1.29, 1.82) is 0 Å². The van der Waals surface area contributed by atoms with Gasteiger partial charge in [-0.15, -0.1) is 0 Å². The van der Waals surface area contributed by atoms with Crippen molar-refractivity contribution in [3.8, 4) is 17.0 Å². The zero-order chi connectivity index (χ0) is 19.2. The van der Waals surface area contributed by atoms with Gasteiger partial charge in [-0.2, -0.15) is 5.10 Å². The van der Waals surface area contributed by atoms with Crippen molar-refractivity contribution in [1.82, 2.24) is 21.0 Å². The topological polar surface area (TPSA) is 96.1 Å². The van der Waals surface area contributed by atoms with Crippen LogP contribution in [0.1, 0.15) is 16.1 Å². The van der Waals surface area contributed by atoms with Crippen molar-refractivity contribution in [3.63, 3.8) is 0 Å². The molecule has 0 radical (unpaired) electrons. The zero-order valence-corrected chi connectivity index (χ0v) is 16.0. The first-order valence-electron chi connectivity index (χ1n) is 8.08. The number of benzene rings is 2. The second-order valence-electron chi connectivity index (χ2n) is 5.70. The van der Waals surface area contributed by atoms with Crippen LogP contribution < -0.4 is 15.6 Å². The highest BCUT2D eigenvalue weighted by molar-refractivity contribution is 9.10. The molecule has 0 fully saturated rings. The van der Waals surface area contributed by atoms with Crippen LogP contribution in [0.3, 0.4) is 0 Å². The van der Waals surface area contributed by atoms with Gasteiger partial charge in [-0.05, 0) is 48.0 Å². The van der Waals surface area contributed by atoms with E-state index in [4.69, 9.17) is 4.74 Å². The van der Waals surface area contributed by atoms with Gasteiger partial charge in [0.1, 0.15) is 11.4 Å². The number of nitrogens with zero attached hydrogens (tertiary/aromatic N) is 1. The van der Waals surface area contributed by atoms with Gasteiger partial charge < -0.3 is 4.74 Å². The summed E-state index contributed by atoms with van der Waals surface area (Å²) in [6.45, 7) is 0. The number of nitrogens with one attached hydrogen (secondary N) is 3. The lowest BCUT2D eigenvalue weighted by Gasteiger charge is -2.06. The molecule has 0 aliphatic heterocycles. The van der Waals surface area contributed by atoms with E-state index in [-0.39, 0.29) is 18.0 Å². The van der Waals surface area contributed by atoms with E-state index in [1.165, 1.54) is 0 Å². The van der Waals surface area contributed by atoms with Gasteiger partial charge in [0.15, 0.2) is 0 Å². The summed E-state index contributed by atoms with van der Waals surface area (Å²) < 4.78 is 6.05. The van der Waals surface area contributed by atoms with Crippen molar-refractivity contribution >= 4 is 27.7 Å². The quantitative estimate of drug-likeness (QED) is 0.544. The fourth-order valence-corrected chi connectivity index (χ4v) is 2.64. The molecular weight excluding hydrogens is 412 g/mol. The summed E-state index contributed by atoms with van der Waals surface area (Å²) in [5.74, 6) is -0.0623. The minimum atomic E-state index is -0.480. The Morgan fingerprint density at radius 3 is 2.44 bits per heavy atom. The summed E-state index contributed by atoms with van der Waals surface area (Å²) in [4.78, 5) is 24.1. The average Bonchev–Trinajstić information content (AvgIpc) is 3.18. The maximum absolute atomic E-state index is 12.2. The van der Waals surface area contributed by atoms with E-state index in [0.29, 0.717) is 5.69 Å². The van der Waals surface area contributed by atoms with Gasteiger partial charge in [0.05, 0.1) is 19.2 Å². The van der Waals surface area contributed by atoms with Gasteiger partial charge in [0.2, 0.25) is 5.91 Å². The highest BCUT2D eigenvalue weighted by Crippen LogP contribution is 2.21.